The molecule has 2 N–H and O–H groups in total. The number of rotatable bonds is 5. The molecule has 9 nitrogen and oxygen atoms in total. The smallest absolute Gasteiger partial charge is 0.332 e. The van der Waals surface area contributed by atoms with Crippen LogP contribution in [0.5, 0.6) is 5.75 Å². The van der Waals surface area contributed by atoms with Gasteiger partial charge in [0.2, 0.25) is 5.95 Å². The quantitative estimate of drug-likeness (QED) is 0.499. The molecular formula is C18H19ClN6O3. The number of halogens is 1. The molecule has 3 rings (SSSR count). The molecule has 0 aliphatic heterocycles. The minimum Gasteiger partial charge on any atom is -0.507 e. The zero-order valence-electron chi connectivity index (χ0n) is 15.5. The van der Waals surface area contributed by atoms with E-state index in [9.17, 15) is 14.7 Å². The normalized spacial score (nSPS) is 12.2. The summed E-state index contributed by atoms with van der Waals surface area (Å²) < 4.78 is 3.90. The van der Waals surface area contributed by atoms with Gasteiger partial charge in [0.15, 0.2) is 11.2 Å². The van der Waals surface area contributed by atoms with Crippen LogP contribution >= 0.6 is 11.6 Å². The third kappa shape index (κ3) is 3.56. The Balaban J connectivity index is 2.12. The fraction of sp³-hybridized carbons (Fsp3) is 0.222. The predicted octanol–water partition coefficient (Wildman–Crippen LogP) is 1.73. The second kappa shape index (κ2) is 7.73. The van der Waals surface area contributed by atoms with Crippen LogP contribution in [0.4, 0.5) is 5.95 Å². The minimum atomic E-state index is -0.476. The van der Waals surface area contributed by atoms with Crippen molar-refractivity contribution in [3.63, 3.8) is 0 Å². The summed E-state index contributed by atoms with van der Waals surface area (Å²) in [6.45, 7) is 1.98. The molecule has 0 amide bonds. The van der Waals surface area contributed by atoms with Gasteiger partial charge in [0.05, 0.1) is 6.21 Å². The predicted molar refractivity (Wildman–Crippen MR) is 109 cm³/mol. The number of fused-ring (bicyclic) bond motifs is 1. The van der Waals surface area contributed by atoms with Crippen LogP contribution in [0, 0.1) is 0 Å². The lowest BCUT2D eigenvalue weighted by molar-refractivity contribution is 0.474. The van der Waals surface area contributed by atoms with Crippen molar-refractivity contribution in [3.05, 3.63) is 61.8 Å². The molecule has 0 aliphatic rings. The van der Waals surface area contributed by atoms with Crippen molar-refractivity contribution in [2.75, 3.05) is 5.43 Å². The minimum absolute atomic E-state index is 0.0820. The molecule has 28 heavy (non-hydrogen) atoms. The number of phenols is 1. The molecule has 0 aliphatic carbocycles. The van der Waals surface area contributed by atoms with Crippen LogP contribution < -0.4 is 16.7 Å². The topological polar surface area (TPSA) is 106 Å². The van der Waals surface area contributed by atoms with Crippen molar-refractivity contribution in [1.29, 1.82) is 0 Å². The van der Waals surface area contributed by atoms with E-state index in [1.807, 2.05) is 0 Å². The third-order valence-corrected chi connectivity index (χ3v) is 4.36. The van der Waals surface area contributed by atoms with E-state index in [2.05, 4.69) is 15.5 Å². The van der Waals surface area contributed by atoms with Gasteiger partial charge in [0, 0.05) is 31.2 Å². The summed E-state index contributed by atoms with van der Waals surface area (Å²) in [5.74, 6) is 0.340. The highest BCUT2D eigenvalue weighted by molar-refractivity contribution is 6.29. The van der Waals surface area contributed by atoms with Gasteiger partial charge in [0.1, 0.15) is 5.75 Å². The van der Waals surface area contributed by atoms with Crippen molar-refractivity contribution < 1.29 is 5.11 Å². The maximum atomic E-state index is 12.7. The number of aromatic nitrogens is 4. The summed E-state index contributed by atoms with van der Waals surface area (Å²) >= 11 is 5.94. The Morgan fingerprint density at radius 1 is 1.29 bits per heavy atom. The molecule has 0 bridgehead atoms. The first-order chi connectivity index (χ1) is 13.3. The zero-order valence-corrected chi connectivity index (χ0v) is 16.3. The molecule has 1 aromatic carbocycles. The largest absolute Gasteiger partial charge is 0.507 e. The number of hydrogen-bond acceptors (Lipinski definition) is 6. The van der Waals surface area contributed by atoms with E-state index in [4.69, 9.17) is 11.6 Å². The van der Waals surface area contributed by atoms with E-state index in [1.54, 1.807) is 48.9 Å². The first-order valence-corrected chi connectivity index (χ1v) is 8.74. The van der Waals surface area contributed by atoms with Gasteiger partial charge in [-0.25, -0.2) is 10.2 Å². The Labute approximate surface area is 164 Å². The molecule has 0 unspecified atom stereocenters. The summed E-state index contributed by atoms with van der Waals surface area (Å²) in [7, 11) is 2.95. The van der Waals surface area contributed by atoms with Gasteiger partial charge >= 0.3 is 5.69 Å². The number of nitrogens with zero attached hydrogens (tertiary/aromatic N) is 5. The number of nitrogens with one attached hydrogen (secondary N) is 1. The van der Waals surface area contributed by atoms with Gasteiger partial charge in [-0.3, -0.25) is 18.5 Å². The number of imidazole rings is 1. The van der Waals surface area contributed by atoms with Crippen LogP contribution in [-0.2, 0) is 20.6 Å². The maximum Gasteiger partial charge on any atom is 0.332 e. The summed E-state index contributed by atoms with van der Waals surface area (Å²) in [5.41, 5.74) is 2.82. The van der Waals surface area contributed by atoms with Gasteiger partial charge in [-0.15, -0.1) is 0 Å². The number of anilines is 1. The number of hydrogen-bond donors (Lipinski definition) is 2. The van der Waals surface area contributed by atoms with Crippen molar-refractivity contribution in [2.45, 2.75) is 13.5 Å². The average molecular weight is 403 g/mol. The molecule has 2 aromatic heterocycles. The van der Waals surface area contributed by atoms with E-state index in [1.165, 1.54) is 17.8 Å². The Morgan fingerprint density at radius 2 is 2.00 bits per heavy atom. The van der Waals surface area contributed by atoms with E-state index in [-0.39, 0.29) is 29.4 Å². The number of aromatic hydroxyl groups is 1. The standard InChI is InChI=1S/C18H19ClN6O3/c1-11(19)8-9-25-14-15(23(2)18(28)24(3)16(14)27)21-17(25)22-20-10-12-6-4-5-7-13(12)26/h4-8,10,26H,9H2,1-3H3,(H,21,22). The molecule has 3 aromatic rings. The lowest BCUT2D eigenvalue weighted by atomic mass is 10.2. The number of aryl methyl sites for hydroxylation is 1. The number of benzene rings is 1. The number of allylic oxidation sites excluding steroid dienone is 2. The summed E-state index contributed by atoms with van der Waals surface area (Å²) in [4.78, 5) is 29.2. The fourth-order valence-electron chi connectivity index (χ4n) is 2.68. The van der Waals surface area contributed by atoms with Gasteiger partial charge in [0.25, 0.3) is 5.56 Å². The number of hydrazone groups is 1. The van der Waals surface area contributed by atoms with Crippen LogP contribution in [0.15, 0.2) is 50.1 Å². The molecule has 2 heterocycles. The molecule has 146 valence electrons. The van der Waals surface area contributed by atoms with Crippen LogP contribution in [0.1, 0.15) is 12.5 Å². The van der Waals surface area contributed by atoms with E-state index >= 15 is 0 Å². The molecule has 10 heteroatoms. The van der Waals surface area contributed by atoms with Crippen molar-refractivity contribution >= 4 is 34.9 Å². The second-order valence-electron chi connectivity index (χ2n) is 6.14. The first kappa shape index (κ1) is 19.4. The molecule has 0 radical (unpaired) electrons. The molecule has 0 saturated carbocycles. The second-order valence-corrected chi connectivity index (χ2v) is 6.74. The van der Waals surface area contributed by atoms with Crippen molar-refractivity contribution in [3.8, 4) is 5.75 Å². The number of phenolic OH excluding ortho intramolecular Hbond substituents is 1. The fourth-order valence-corrected chi connectivity index (χ4v) is 2.75. The van der Waals surface area contributed by atoms with Crippen LogP contribution in [-0.4, -0.2) is 30.0 Å². The third-order valence-electron chi connectivity index (χ3n) is 4.21. The van der Waals surface area contributed by atoms with Crippen molar-refractivity contribution in [1.82, 2.24) is 18.7 Å². The summed E-state index contributed by atoms with van der Waals surface area (Å²) in [6.07, 6.45) is 3.14. The lowest BCUT2D eigenvalue weighted by Gasteiger charge is -2.07. The van der Waals surface area contributed by atoms with Gasteiger partial charge < -0.3 is 5.11 Å². The Bertz CT molecular complexity index is 1210. The SMILES string of the molecule is CC(Cl)=CCn1c(NN=Cc2ccccc2O)nc2c1c(=O)n(C)c(=O)n2C. The molecule has 0 fully saturated rings. The van der Waals surface area contributed by atoms with E-state index in [0.717, 1.165) is 4.57 Å². The van der Waals surface area contributed by atoms with Crippen LogP contribution in [0.2, 0.25) is 0 Å². The van der Waals surface area contributed by atoms with E-state index in [0.29, 0.717) is 10.6 Å². The highest BCUT2D eigenvalue weighted by Crippen LogP contribution is 2.17. The molecule has 0 atom stereocenters. The molecule has 0 saturated heterocycles. The van der Waals surface area contributed by atoms with Crippen LogP contribution in [0.25, 0.3) is 11.2 Å². The monoisotopic (exact) mass is 402 g/mol. The first-order valence-electron chi connectivity index (χ1n) is 8.37. The molecule has 0 spiro atoms. The van der Waals surface area contributed by atoms with Gasteiger partial charge in [-0.05, 0) is 19.1 Å². The Kier molecular flexibility index (Phi) is 5.36. The highest BCUT2D eigenvalue weighted by atomic mass is 35.5. The van der Waals surface area contributed by atoms with Gasteiger partial charge in [-0.2, -0.15) is 10.1 Å². The summed E-state index contributed by atoms with van der Waals surface area (Å²) in [6, 6.07) is 6.72. The maximum absolute atomic E-state index is 12.7. The Morgan fingerprint density at radius 3 is 2.68 bits per heavy atom. The summed E-state index contributed by atoms with van der Waals surface area (Å²) in [5, 5.41) is 14.5. The number of para-hydroxylation sites is 1. The zero-order chi connectivity index (χ0) is 20.4. The Hall–Kier alpha value is -3.33. The highest BCUT2D eigenvalue weighted by Gasteiger charge is 2.18. The van der Waals surface area contributed by atoms with Crippen LogP contribution in [0.3, 0.4) is 0 Å². The van der Waals surface area contributed by atoms with Gasteiger partial charge in [-0.1, -0.05) is 29.8 Å². The van der Waals surface area contributed by atoms with Crippen molar-refractivity contribution in [2.24, 2.45) is 19.2 Å². The van der Waals surface area contributed by atoms with E-state index < -0.39 is 11.2 Å². The average Bonchev–Trinajstić information content (AvgIpc) is 3.03. The lowest BCUT2D eigenvalue weighted by Crippen LogP contribution is -2.37. The molecular weight excluding hydrogens is 384 g/mol.